The fourth-order valence-electron chi connectivity index (χ4n) is 1.22. The van der Waals surface area contributed by atoms with Crippen LogP contribution in [-0.2, 0) is 0 Å². The van der Waals surface area contributed by atoms with Crippen molar-refractivity contribution in [1.29, 1.82) is 0 Å². The molecule has 3 nitrogen and oxygen atoms in total. The van der Waals surface area contributed by atoms with Gasteiger partial charge in [-0.05, 0) is 26.2 Å². The van der Waals surface area contributed by atoms with Crippen molar-refractivity contribution in [2.45, 2.75) is 40.2 Å². The number of hydrogen-bond donors (Lipinski definition) is 1. The molecule has 0 aliphatic heterocycles. The molecule has 4 heteroatoms. The first kappa shape index (κ1) is 14.3. The topological polar surface area (TPSA) is 29.9 Å². The highest BCUT2D eigenvalue weighted by atomic mass is 35.5. The maximum Gasteiger partial charge on any atom is 0.0726 e. The largest absolute Gasteiger partial charge is 0.383 e. The predicted molar refractivity (Wildman–Crippen MR) is 67.8 cm³/mol. The van der Waals surface area contributed by atoms with E-state index in [2.05, 4.69) is 44.3 Å². The number of halogens is 1. The van der Waals surface area contributed by atoms with Gasteiger partial charge in [-0.3, -0.25) is 4.68 Å². The molecule has 0 saturated carbocycles. The summed E-state index contributed by atoms with van der Waals surface area (Å²) in [6.45, 7) is 9.76. The molecule has 0 bridgehead atoms. The van der Waals surface area contributed by atoms with Crippen LogP contribution in [-0.4, -0.2) is 16.3 Å². The zero-order chi connectivity index (χ0) is 10.6. The highest BCUT2D eigenvalue weighted by Gasteiger charge is 2.00. The third kappa shape index (κ3) is 5.07. The molecule has 0 unspecified atom stereocenters. The molecule has 1 aromatic heterocycles. The first-order valence-corrected chi connectivity index (χ1v) is 5.37. The Hall–Kier alpha value is -0.700. The van der Waals surface area contributed by atoms with Crippen molar-refractivity contribution in [3.05, 3.63) is 12.4 Å². The van der Waals surface area contributed by atoms with Gasteiger partial charge < -0.3 is 5.32 Å². The number of nitrogens with zero attached hydrogens (tertiary/aromatic N) is 2. The third-order valence-corrected chi connectivity index (χ3v) is 2.18. The average Bonchev–Trinajstić information content (AvgIpc) is 2.52. The van der Waals surface area contributed by atoms with E-state index in [1.165, 1.54) is 6.42 Å². The quantitative estimate of drug-likeness (QED) is 0.843. The molecule has 1 aromatic rings. The minimum atomic E-state index is 0. The van der Waals surface area contributed by atoms with Crippen LogP contribution in [0.25, 0.3) is 0 Å². The van der Waals surface area contributed by atoms with E-state index in [9.17, 15) is 0 Å². The van der Waals surface area contributed by atoms with Crippen LogP contribution in [0.1, 0.15) is 40.2 Å². The van der Waals surface area contributed by atoms with Gasteiger partial charge in [0, 0.05) is 18.8 Å². The molecule has 0 radical (unpaired) electrons. The second-order valence-electron chi connectivity index (χ2n) is 4.41. The van der Waals surface area contributed by atoms with Crippen molar-refractivity contribution in [2.75, 3.05) is 11.9 Å². The Balaban J connectivity index is 0.00000196. The van der Waals surface area contributed by atoms with E-state index < -0.39 is 0 Å². The summed E-state index contributed by atoms with van der Waals surface area (Å²) in [7, 11) is 0. The van der Waals surface area contributed by atoms with Crippen molar-refractivity contribution in [2.24, 2.45) is 5.92 Å². The van der Waals surface area contributed by atoms with Gasteiger partial charge in [0.1, 0.15) is 0 Å². The minimum Gasteiger partial charge on any atom is -0.383 e. The van der Waals surface area contributed by atoms with E-state index in [1.807, 2.05) is 10.9 Å². The molecule has 0 saturated heterocycles. The van der Waals surface area contributed by atoms with Crippen molar-refractivity contribution >= 4 is 18.1 Å². The molecular weight excluding hydrogens is 210 g/mol. The summed E-state index contributed by atoms with van der Waals surface area (Å²) in [5.74, 6) is 0.752. The van der Waals surface area contributed by atoms with Crippen molar-refractivity contribution in [1.82, 2.24) is 9.78 Å². The van der Waals surface area contributed by atoms with Crippen LogP contribution in [0.15, 0.2) is 12.4 Å². The maximum absolute atomic E-state index is 4.27. The summed E-state index contributed by atoms with van der Waals surface area (Å²) < 4.78 is 1.97. The molecule has 88 valence electrons. The van der Waals surface area contributed by atoms with Gasteiger partial charge in [0.25, 0.3) is 0 Å². The molecule has 1 rings (SSSR count). The Labute approximate surface area is 98.7 Å². The molecule has 0 spiro atoms. The van der Waals surface area contributed by atoms with Gasteiger partial charge in [-0.15, -0.1) is 12.4 Å². The summed E-state index contributed by atoms with van der Waals surface area (Å²) in [6, 6.07) is 0.440. The SMILES string of the molecule is CC(C)CCNc1cnn(C(C)C)c1.Cl. The number of anilines is 1. The van der Waals surface area contributed by atoms with Gasteiger partial charge >= 0.3 is 0 Å². The van der Waals surface area contributed by atoms with Crippen LogP contribution >= 0.6 is 12.4 Å². The molecule has 0 atom stereocenters. The lowest BCUT2D eigenvalue weighted by Gasteiger charge is -2.06. The van der Waals surface area contributed by atoms with Crippen molar-refractivity contribution in [3.63, 3.8) is 0 Å². The molecule has 0 aliphatic carbocycles. The maximum atomic E-state index is 4.27. The van der Waals surface area contributed by atoms with Crippen LogP contribution in [0.2, 0.25) is 0 Å². The summed E-state index contributed by atoms with van der Waals surface area (Å²) in [4.78, 5) is 0. The number of rotatable bonds is 5. The highest BCUT2D eigenvalue weighted by Crippen LogP contribution is 2.10. The fraction of sp³-hybridized carbons (Fsp3) is 0.727. The van der Waals surface area contributed by atoms with Crippen LogP contribution in [0, 0.1) is 5.92 Å². The summed E-state index contributed by atoms with van der Waals surface area (Å²) in [5, 5.41) is 7.64. The second kappa shape index (κ2) is 6.72. The smallest absolute Gasteiger partial charge is 0.0726 e. The molecule has 1 N–H and O–H groups in total. The molecular formula is C11H22ClN3. The monoisotopic (exact) mass is 231 g/mol. The predicted octanol–water partition coefficient (Wildman–Crippen LogP) is 3.34. The summed E-state index contributed by atoms with van der Waals surface area (Å²) in [6.07, 6.45) is 5.15. The second-order valence-corrected chi connectivity index (χ2v) is 4.41. The van der Waals surface area contributed by atoms with E-state index >= 15 is 0 Å². The average molecular weight is 232 g/mol. The van der Waals surface area contributed by atoms with E-state index in [1.54, 1.807) is 0 Å². The Kier molecular flexibility index (Phi) is 6.41. The van der Waals surface area contributed by atoms with Gasteiger partial charge in [-0.1, -0.05) is 13.8 Å². The van der Waals surface area contributed by atoms with Crippen LogP contribution < -0.4 is 5.32 Å². The van der Waals surface area contributed by atoms with Crippen molar-refractivity contribution < 1.29 is 0 Å². The van der Waals surface area contributed by atoms with Crippen molar-refractivity contribution in [3.8, 4) is 0 Å². The Morgan fingerprint density at radius 1 is 1.33 bits per heavy atom. The van der Waals surface area contributed by atoms with Gasteiger partial charge in [-0.2, -0.15) is 5.10 Å². The van der Waals surface area contributed by atoms with E-state index in [-0.39, 0.29) is 12.4 Å². The van der Waals surface area contributed by atoms with Gasteiger partial charge in [0.2, 0.25) is 0 Å². The first-order valence-electron chi connectivity index (χ1n) is 5.37. The lowest BCUT2D eigenvalue weighted by Crippen LogP contribution is -2.04. The number of nitrogens with one attached hydrogen (secondary N) is 1. The molecule has 0 amide bonds. The Morgan fingerprint density at radius 3 is 2.47 bits per heavy atom. The lowest BCUT2D eigenvalue weighted by atomic mass is 10.1. The van der Waals surface area contributed by atoms with Crippen LogP contribution in [0.4, 0.5) is 5.69 Å². The number of aromatic nitrogens is 2. The van der Waals surface area contributed by atoms with E-state index in [0.717, 1.165) is 18.2 Å². The Morgan fingerprint density at radius 2 is 2.00 bits per heavy atom. The summed E-state index contributed by atoms with van der Waals surface area (Å²) >= 11 is 0. The Bertz CT molecular complexity index is 269. The fourth-order valence-corrected chi connectivity index (χ4v) is 1.22. The zero-order valence-electron chi connectivity index (χ0n) is 10.0. The zero-order valence-corrected chi connectivity index (χ0v) is 10.8. The third-order valence-electron chi connectivity index (χ3n) is 2.18. The minimum absolute atomic E-state index is 0. The van der Waals surface area contributed by atoms with Gasteiger partial charge in [0.05, 0.1) is 11.9 Å². The van der Waals surface area contributed by atoms with E-state index in [0.29, 0.717) is 6.04 Å². The standard InChI is InChI=1S/C11H21N3.ClH/c1-9(2)5-6-12-11-7-13-14(8-11)10(3)4;/h7-10,12H,5-6H2,1-4H3;1H. The normalized spacial score (nSPS) is 10.5. The first-order chi connectivity index (χ1) is 6.59. The molecule has 0 aliphatic rings. The van der Waals surface area contributed by atoms with Gasteiger partial charge in [-0.25, -0.2) is 0 Å². The highest BCUT2D eigenvalue weighted by molar-refractivity contribution is 5.85. The molecule has 0 aromatic carbocycles. The lowest BCUT2D eigenvalue weighted by molar-refractivity contribution is 0.532. The van der Waals surface area contributed by atoms with Crippen LogP contribution in [0.5, 0.6) is 0 Å². The molecule has 1 heterocycles. The molecule has 15 heavy (non-hydrogen) atoms. The summed E-state index contributed by atoms with van der Waals surface area (Å²) in [5.41, 5.74) is 1.12. The number of hydrogen-bond acceptors (Lipinski definition) is 2. The van der Waals surface area contributed by atoms with E-state index in [4.69, 9.17) is 0 Å². The van der Waals surface area contributed by atoms with Gasteiger partial charge in [0.15, 0.2) is 0 Å². The molecule has 0 fully saturated rings. The van der Waals surface area contributed by atoms with Crippen LogP contribution in [0.3, 0.4) is 0 Å².